The van der Waals surface area contributed by atoms with Crippen molar-refractivity contribution in [3.05, 3.63) is 62.8 Å². The molecule has 0 aromatic carbocycles. The van der Waals surface area contributed by atoms with Gasteiger partial charge in [-0.2, -0.15) is 13.2 Å². The van der Waals surface area contributed by atoms with E-state index in [2.05, 4.69) is 9.97 Å². The quantitative estimate of drug-likeness (QED) is 0.657. The van der Waals surface area contributed by atoms with Crippen molar-refractivity contribution in [2.45, 2.75) is 59.1 Å². The highest BCUT2D eigenvalue weighted by molar-refractivity contribution is 5.30. The van der Waals surface area contributed by atoms with Crippen molar-refractivity contribution < 1.29 is 22.0 Å². The highest BCUT2D eigenvalue weighted by Crippen LogP contribution is 2.33. The lowest BCUT2D eigenvalue weighted by Crippen LogP contribution is -2.16. The molecule has 3 nitrogen and oxygen atoms in total. The summed E-state index contributed by atoms with van der Waals surface area (Å²) >= 11 is 0. The first kappa shape index (κ1) is 22.8. The van der Waals surface area contributed by atoms with Crippen LogP contribution in [-0.4, -0.2) is 9.97 Å². The Morgan fingerprint density at radius 2 is 1.52 bits per heavy atom. The Labute approximate surface area is 154 Å². The third-order valence-electron chi connectivity index (χ3n) is 3.85. The van der Waals surface area contributed by atoms with Gasteiger partial charge >= 0.3 is 6.18 Å². The number of H-pyrrole nitrogens is 1. The lowest BCUT2D eigenvalue weighted by molar-refractivity contribution is -0.138. The first-order chi connectivity index (χ1) is 12.3. The number of aromatic nitrogens is 2. The SMILES string of the molecule is CC(C)c1c[nH]c(=O)cc1C(F)(F)F.Cc1cc(C(F)F)c(C(C)C)cn1. The summed E-state index contributed by atoms with van der Waals surface area (Å²) in [6.07, 6.45) is -4.20. The number of hydrogen-bond donors (Lipinski definition) is 1. The van der Waals surface area contributed by atoms with Crippen molar-refractivity contribution in [2.75, 3.05) is 0 Å². The number of hydrogen-bond acceptors (Lipinski definition) is 2. The molecule has 2 rings (SSSR count). The molecule has 2 heterocycles. The van der Waals surface area contributed by atoms with E-state index in [0.717, 1.165) is 6.20 Å². The molecule has 0 aliphatic heterocycles. The Kier molecular flexibility index (Phi) is 7.68. The van der Waals surface area contributed by atoms with Gasteiger partial charge in [0.2, 0.25) is 5.56 Å². The van der Waals surface area contributed by atoms with Crippen LogP contribution in [0.4, 0.5) is 22.0 Å². The van der Waals surface area contributed by atoms with Gasteiger partial charge in [-0.1, -0.05) is 27.7 Å². The van der Waals surface area contributed by atoms with Crippen LogP contribution in [0.3, 0.4) is 0 Å². The maximum absolute atomic E-state index is 12.5. The van der Waals surface area contributed by atoms with Crippen LogP contribution in [0.5, 0.6) is 0 Å². The van der Waals surface area contributed by atoms with Gasteiger partial charge in [0.1, 0.15) is 0 Å². The van der Waals surface area contributed by atoms with Crippen LogP contribution in [-0.2, 0) is 6.18 Å². The van der Waals surface area contributed by atoms with Gasteiger partial charge in [-0.05, 0) is 36.0 Å². The van der Waals surface area contributed by atoms with E-state index in [-0.39, 0.29) is 23.0 Å². The highest BCUT2D eigenvalue weighted by Gasteiger charge is 2.34. The highest BCUT2D eigenvalue weighted by atomic mass is 19.4. The Morgan fingerprint density at radius 3 is 1.96 bits per heavy atom. The first-order valence-electron chi connectivity index (χ1n) is 8.39. The molecule has 0 saturated carbocycles. The summed E-state index contributed by atoms with van der Waals surface area (Å²) in [5.74, 6) is -0.180. The Bertz CT molecular complexity index is 810. The fraction of sp³-hybridized carbons (Fsp3) is 0.474. The number of pyridine rings is 2. The number of halogens is 5. The summed E-state index contributed by atoms with van der Waals surface area (Å²) in [6.45, 7) is 8.78. The molecule has 0 unspecified atom stereocenters. The normalized spacial score (nSPS) is 11.7. The number of rotatable bonds is 3. The second-order valence-electron chi connectivity index (χ2n) is 6.73. The van der Waals surface area contributed by atoms with E-state index >= 15 is 0 Å². The lowest BCUT2D eigenvalue weighted by Gasteiger charge is -2.14. The number of aromatic amines is 1. The van der Waals surface area contributed by atoms with E-state index in [4.69, 9.17) is 0 Å². The third kappa shape index (κ3) is 6.45. The van der Waals surface area contributed by atoms with E-state index in [9.17, 15) is 26.7 Å². The summed E-state index contributed by atoms with van der Waals surface area (Å²) in [7, 11) is 0. The molecule has 150 valence electrons. The molecule has 0 aliphatic carbocycles. The monoisotopic (exact) mass is 390 g/mol. The number of nitrogens with one attached hydrogen (secondary N) is 1. The van der Waals surface area contributed by atoms with Crippen molar-refractivity contribution in [2.24, 2.45) is 0 Å². The minimum absolute atomic E-state index is 0.0945. The van der Waals surface area contributed by atoms with Crippen molar-refractivity contribution in [1.82, 2.24) is 9.97 Å². The topological polar surface area (TPSA) is 45.8 Å². The largest absolute Gasteiger partial charge is 0.416 e. The van der Waals surface area contributed by atoms with Crippen LogP contribution < -0.4 is 5.56 Å². The van der Waals surface area contributed by atoms with Crippen LogP contribution >= 0.6 is 0 Å². The van der Waals surface area contributed by atoms with E-state index in [0.29, 0.717) is 17.3 Å². The fourth-order valence-corrected chi connectivity index (χ4v) is 2.47. The van der Waals surface area contributed by atoms with Gasteiger partial charge in [0.25, 0.3) is 6.43 Å². The molecular weight excluding hydrogens is 367 g/mol. The van der Waals surface area contributed by atoms with Gasteiger partial charge in [-0.15, -0.1) is 0 Å². The van der Waals surface area contributed by atoms with Gasteiger partial charge in [-0.3, -0.25) is 9.78 Å². The molecule has 0 fully saturated rings. The maximum Gasteiger partial charge on any atom is 0.416 e. The summed E-state index contributed by atoms with van der Waals surface area (Å²) in [4.78, 5) is 17.0. The van der Waals surface area contributed by atoms with Crippen molar-refractivity contribution in [1.29, 1.82) is 0 Å². The van der Waals surface area contributed by atoms with E-state index in [1.165, 1.54) is 6.07 Å². The van der Waals surface area contributed by atoms with Crippen LogP contribution in [0.25, 0.3) is 0 Å². The van der Waals surface area contributed by atoms with E-state index < -0.39 is 23.7 Å². The summed E-state index contributed by atoms with van der Waals surface area (Å²) in [5.41, 5.74) is -0.0853. The summed E-state index contributed by atoms with van der Waals surface area (Å²) in [5, 5.41) is 0. The lowest BCUT2D eigenvalue weighted by atomic mass is 9.99. The molecule has 0 aliphatic rings. The average Bonchev–Trinajstić information content (AvgIpc) is 2.53. The maximum atomic E-state index is 12.5. The fourth-order valence-electron chi connectivity index (χ4n) is 2.47. The molecule has 27 heavy (non-hydrogen) atoms. The zero-order valence-corrected chi connectivity index (χ0v) is 15.8. The first-order valence-corrected chi connectivity index (χ1v) is 8.39. The Balaban J connectivity index is 0.000000271. The van der Waals surface area contributed by atoms with Crippen molar-refractivity contribution >= 4 is 0 Å². The zero-order chi connectivity index (χ0) is 20.9. The van der Waals surface area contributed by atoms with Crippen LogP contribution in [0.2, 0.25) is 0 Å². The van der Waals surface area contributed by atoms with Crippen molar-refractivity contribution in [3.8, 4) is 0 Å². The molecule has 0 bridgehead atoms. The van der Waals surface area contributed by atoms with Crippen LogP contribution in [0, 0.1) is 6.92 Å². The number of aryl methyl sites for hydroxylation is 1. The number of nitrogens with zero attached hydrogens (tertiary/aromatic N) is 1. The van der Waals surface area contributed by atoms with Crippen LogP contribution in [0.15, 0.2) is 29.3 Å². The molecule has 0 atom stereocenters. The van der Waals surface area contributed by atoms with Gasteiger partial charge in [0.05, 0.1) is 5.56 Å². The predicted octanol–water partition coefficient (Wildman–Crippen LogP) is 5.97. The molecule has 0 amide bonds. The number of alkyl halides is 5. The smallest absolute Gasteiger partial charge is 0.329 e. The second-order valence-corrected chi connectivity index (χ2v) is 6.73. The molecule has 2 aromatic rings. The standard InChI is InChI=1S/C10H13F2N.C9H10F3NO/c1-6(2)9-5-13-7(3)4-8(9)10(11)12;1-5(2)6-4-13-8(14)3-7(6)9(10,11)12/h4-6,10H,1-3H3;3-5H,1-2H3,(H,13,14). The van der Waals surface area contributed by atoms with Gasteiger partial charge < -0.3 is 4.98 Å². The Morgan fingerprint density at radius 1 is 0.963 bits per heavy atom. The molecule has 1 N–H and O–H groups in total. The molecule has 8 heteroatoms. The predicted molar refractivity (Wildman–Crippen MR) is 94.2 cm³/mol. The summed E-state index contributed by atoms with van der Waals surface area (Å²) < 4.78 is 62.4. The van der Waals surface area contributed by atoms with E-state index in [1.807, 2.05) is 13.8 Å². The minimum atomic E-state index is -4.46. The van der Waals surface area contributed by atoms with Gasteiger partial charge in [0.15, 0.2) is 0 Å². The molecule has 0 radical (unpaired) electrons. The molecule has 0 saturated heterocycles. The van der Waals surface area contributed by atoms with E-state index in [1.54, 1.807) is 27.0 Å². The Hall–Kier alpha value is -2.25. The van der Waals surface area contributed by atoms with Crippen molar-refractivity contribution in [3.63, 3.8) is 0 Å². The molecule has 2 aromatic heterocycles. The molecule has 0 spiro atoms. The minimum Gasteiger partial charge on any atom is -0.329 e. The van der Waals surface area contributed by atoms with Crippen LogP contribution in [0.1, 0.15) is 73.9 Å². The third-order valence-corrected chi connectivity index (χ3v) is 3.85. The zero-order valence-electron chi connectivity index (χ0n) is 15.8. The van der Waals surface area contributed by atoms with Gasteiger partial charge in [-0.25, -0.2) is 8.78 Å². The summed E-state index contributed by atoms with van der Waals surface area (Å²) in [6, 6.07) is 2.05. The molecular formula is C19H23F5N2O. The average molecular weight is 390 g/mol. The van der Waals surface area contributed by atoms with Gasteiger partial charge in [0, 0.05) is 29.7 Å². The second kappa shape index (κ2) is 9.10.